The molecule has 6 heteroatoms. The summed E-state index contributed by atoms with van der Waals surface area (Å²) in [7, 11) is 0. The minimum absolute atomic E-state index is 0.00561. The van der Waals surface area contributed by atoms with Gasteiger partial charge in [-0.15, -0.1) is 0 Å². The standard InChI is InChI=1S/C33H29NO5/c1-20-12-14-26(17-21(20)2)34-30(24-10-7-11-27(35)18-24)29(32(37)33(34)38)31(36)25-13-15-28(22(3)16-25)39-19-23-8-5-4-6-9-23/h4-18,30,35-36H,19H2,1-3H3/b31-29+. The van der Waals surface area contributed by atoms with Crippen LogP contribution in [0.4, 0.5) is 5.69 Å². The minimum Gasteiger partial charge on any atom is -0.508 e. The van der Waals surface area contributed by atoms with Crippen LogP contribution in [0.5, 0.6) is 11.5 Å². The molecule has 1 amide bonds. The van der Waals surface area contributed by atoms with Crippen molar-refractivity contribution in [3.63, 3.8) is 0 Å². The number of aryl methyl sites for hydroxylation is 3. The predicted molar refractivity (Wildman–Crippen MR) is 151 cm³/mol. The number of ketones is 1. The van der Waals surface area contributed by atoms with E-state index in [2.05, 4.69) is 0 Å². The molecule has 1 aliphatic rings. The molecule has 0 aromatic heterocycles. The number of rotatable bonds is 6. The highest BCUT2D eigenvalue weighted by Crippen LogP contribution is 2.43. The molecular formula is C33H29NO5. The van der Waals surface area contributed by atoms with E-state index < -0.39 is 17.7 Å². The number of amides is 1. The lowest BCUT2D eigenvalue weighted by Crippen LogP contribution is -2.29. The Hall–Kier alpha value is -4.84. The molecule has 0 radical (unpaired) electrons. The van der Waals surface area contributed by atoms with Gasteiger partial charge in [0.1, 0.15) is 23.9 Å². The van der Waals surface area contributed by atoms with Crippen molar-refractivity contribution in [1.29, 1.82) is 0 Å². The molecule has 0 saturated carbocycles. The van der Waals surface area contributed by atoms with Crippen LogP contribution in [0, 0.1) is 20.8 Å². The maximum atomic E-state index is 13.4. The number of nitrogens with zero attached hydrogens (tertiary/aromatic N) is 1. The summed E-state index contributed by atoms with van der Waals surface area (Å²) in [6.07, 6.45) is 0. The monoisotopic (exact) mass is 519 g/mol. The zero-order valence-electron chi connectivity index (χ0n) is 22.0. The highest BCUT2D eigenvalue weighted by molar-refractivity contribution is 6.51. The quantitative estimate of drug-likeness (QED) is 0.172. The second-order valence-electron chi connectivity index (χ2n) is 9.79. The van der Waals surface area contributed by atoms with Crippen LogP contribution in [0.25, 0.3) is 5.76 Å². The average Bonchev–Trinajstić information content (AvgIpc) is 3.20. The highest BCUT2D eigenvalue weighted by atomic mass is 16.5. The number of carbonyl (C=O) groups is 2. The van der Waals surface area contributed by atoms with Gasteiger partial charge in [0.05, 0.1) is 11.6 Å². The number of aliphatic hydroxyl groups is 1. The maximum Gasteiger partial charge on any atom is 0.300 e. The smallest absolute Gasteiger partial charge is 0.300 e. The first-order chi connectivity index (χ1) is 18.7. The molecule has 4 aromatic rings. The van der Waals surface area contributed by atoms with Crippen molar-refractivity contribution in [2.45, 2.75) is 33.4 Å². The third-order valence-electron chi connectivity index (χ3n) is 7.08. The van der Waals surface area contributed by atoms with E-state index in [1.54, 1.807) is 36.4 Å². The Bertz CT molecular complexity index is 1610. The van der Waals surface area contributed by atoms with Gasteiger partial charge in [-0.1, -0.05) is 48.5 Å². The van der Waals surface area contributed by atoms with E-state index in [4.69, 9.17) is 4.74 Å². The molecule has 4 aromatic carbocycles. The van der Waals surface area contributed by atoms with Gasteiger partial charge in [-0.3, -0.25) is 14.5 Å². The van der Waals surface area contributed by atoms with Crippen LogP contribution in [0.2, 0.25) is 0 Å². The lowest BCUT2D eigenvalue weighted by atomic mass is 9.94. The van der Waals surface area contributed by atoms with E-state index in [0.29, 0.717) is 29.2 Å². The summed E-state index contributed by atoms with van der Waals surface area (Å²) >= 11 is 0. The number of hydrogen-bond acceptors (Lipinski definition) is 5. The Balaban J connectivity index is 1.57. The lowest BCUT2D eigenvalue weighted by molar-refractivity contribution is -0.132. The average molecular weight is 520 g/mol. The van der Waals surface area contributed by atoms with Gasteiger partial charge in [0.15, 0.2) is 0 Å². The number of phenolic OH excluding ortho intramolecular Hbond substituents is 1. The lowest BCUT2D eigenvalue weighted by Gasteiger charge is -2.26. The molecule has 1 heterocycles. The van der Waals surface area contributed by atoms with Crippen molar-refractivity contribution in [1.82, 2.24) is 0 Å². The number of ether oxygens (including phenoxy) is 1. The number of hydrogen-bond donors (Lipinski definition) is 2. The van der Waals surface area contributed by atoms with Crippen LogP contribution in [-0.2, 0) is 16.2 Å². The minimum atomic E-state index is -0.923. The van der Waals surface area contributed by atoms with E-state index in [9.17, 15) is 19.8 Å². The molecule has 39 heavy (non-hydrogen) atoms. The summed E-state index contributed by atoms with van der Waals surface area (Å²) in [5.41, 5.74) is 5.21. The molecule has 1 atom stereocenters. The van der Waals surface area contributed by atoms with Crippen LogP contribution < -0.4 is 9.64 Å². The number of benzene rings is 4. The van der Waals surface area contributed by atoms with E-state index in [-0.39, 0.29) is 17.1 Å². The fourth-order valence-electron chi connectivity index (χ4n) is 4.83. The van der Waals surface area contributed by atoms with Crippen molar-refractivity contribution >= 4 is 23.1 Å². The van der Waals surface area contributed by atoms with E-state index >= 15 is 0 Å². The van der Waals surface area contributed by atoms with Crippen molar-refractivity contribution in [3.8, 4) is 11.5 Å². The molecule has 1 aliphatic heterocycles. The van der Waals surface area contributed by atoms with Gasteiger partial charge in [0.25, 0.3) is 11.7 Å². The second kappa shape index (κ2) is 10.5. The van der Waals surface area contributed by atoms with Gasteiger partial charge in [0.2, 0.25) is 0 Å². The summed E-state index contributed by atoms with van der Waals surface area (Å²) in [5, 5.41) is 21.7. The second-order valence-corrected chi connectivity index (χ2v) is 9.79. The van der Waals surface area contributed by atoms with Gasteiger partial charge >= 0.3 is 0 Å². The molecule has 1 saturated heterocycles. The fraction of sp³-hybridized carbons (Fsp3) is 0.152. The third kappa shape index (κ3) is 5.01. The van der Waals surface area contributed by atoms with Crippen molar-refractivity contribution < 1.29 is 24.5 Å². The van der Waals surface area contributed by atoms with Gasteiger partial charge in [-0.25, -0.2) is 0 Å². The number of phenols is 1. The Morgan fingerprint density at radius 2 is 1.59 bits per heavy atom. The van der Waals surface area contributed by atoms with Crippen molar-refractivity contribution in [3.05, 3.63) is 130 Å². The largest absolute Gasteiger partial charge is 0.508 e. The highest BCUT2D eigenvalue weighted by Gasteiger charge is 2.47. The van der Waals surface area contributed by atoms with Gasteiger partial charge in [-0.2, -0.15) is 0 Å². The molecular weight excluding hydrogens is 490 g/mol. The Morgan fingerprint density at radius 1 is 0.821 bits per heavy atom. The molecule has 0 spiro atoms. The molecule has 196 valence electrons. The van der Waals surface area contributed by atoms with Crippen LogP contribution in [0.3, 0.4) is 0 Å². The summed E-state index contributed by atoms with van der Waals surface area (Å²) in [4.78, 5) is 28.2. The van der Waals surface area contributed by atoms with Gasteiger partial charge in [-0.05, 0) is 91.1 Å². The van der Waals surface area contributed by atoms with E-state index in [1.807, 2.05) is 63.2 Å². The fourth-order valence-corrected chi connectivity index (χ4v) is 4.83. The number of carbonyl (C=O) groups excluding carboxylic acids is 2. The summed E-state index contributed by atoms with van der Waals surface area (Å²) in [5.74, 6) is -1.18. The Morgan fingerprint density at radius 3 is 2.28 bits per heavy atom. The van der Waals surface area contributed by atoms with Gasteiger partial charge in [0, 0.05) is 11.3 Å². The third-order valence-corrected chi connectivity index (χ3v) is 7.08. The number of anilines is 1. The summed E-state index contributed by atoms with van der Waals surface area (Å²) < 4.78 is 5.97. The molecule has 1 fully saturated rings. The number of aromatic hydroxyl groups is 1. The number of Topliss-reactive ketones (excluding diaryl/α,β-unsaturated/α-hetero) is 1. The molecule has 1 unspecified atom stereocenters. The molecule has 6 nitrogen and oxygen atoms in total. The zero-order valence-corrected chi connectivity index (χ0v) is 22.0. The summed E-state index contributed by atoms with van der Waals surface area (Å²) in [6.45, 7) is 6.15. The Kier molecular flexibility index (Phi) is 6.94. The van der Waals surface area contributed by atoms with Crippen molar-refractivity contribution in [2.75, 3.05) is 4.90 Å². The summed E-state index contributed by atoms with van der Waals surface area (Å²) in [6, 6.07) is 25.9. The first-order valence-electron chi connectivity index (χ1n) is 12.7. The van der Waals surface area contributed by atoms with E-state index in [1.165, 1.54) is 17.0 Å². The SMILES string of the molecule is Cc1ccc(N2C(=O)C(=O)/C(=C(/O)c3ccc(OCc4ccccc4)c(C)c3)C2c2cccc(O)c2)cc1C. The molecule has 2 N–H and O–H groups in total. The first-order valence-corrected chi connectivity index (χ1v) is 12.7. The van der Waals surface area contributed by atoms with E-state index in [0.717, 1.165) is 22.3 Å². The molecule has 0 bridgehead atoms. The predicted octanol–water partition coefficient (Wildman–Crippen LogP) is 6.52. The van der Waals surface area contributed by atoms with Crippen molar-refractivity contribution in [2.24, 2.45) is 0 Å². The molecule has 5 rings (SSSR count). The van der Waals surface area contributed by atoms with Gasteiger partial charge < -0.3 is 14.9 Å². The van der Waals surface area contributed by atoms with Crippen LogP contribution >= 0.6 is 0 Å². The normalized spacial score (nSPS) is 16.5. The van der Waals surface area contributed by atoms with Crippen LogP contribution in [0.15, 0.2) is 96.6 Å². The first kappa shape index (κ1) is 25.8. The topological polar surface area (TPSA) is 87.1 Å². The zero-order chi connectivity index (χ0) is 27.7. The Labute approximate surface area is 227 Å². The van der Waals surface area contributed by atoms with Crippen LogP contribution in [0.1, 0.15) is 39.4 Å². The molecule has 0 aliphatic carbocycles. The number of aliphatic hydroxyl groups excluding tert-OH is 1. The maximum absolute atomic E-state index is 13.4. The van der Waals surface area contributed by atoms with Crippen LogP contribution in [-0.4, -0.2) is 21.9 Å².